The number of carbonyl (C=O) groups excluding carboxylic acids is 3. The van der Waals surface area contributed by atoms with Gasteiger partial charge in [0.2, 0.25) is 5.91 Å². The molecule has 45 heavy (non-hydrogen) atoms. The smallest absolute Gasteiger partial charge is 0.272 e. The van der Waals surface area contributed by atoms with E-state index in [2.05, 4.69) is 16.0 Å². The quantitative estimate of drug-likeness (QED) is 0.106. The van der Waals surface area contributed by atoms with Crippen LogP contribution in [0.5, 0.6) is 0 Å². The first-order valence-electron chi connectivity index (χ1n) is 13.9. The van der Waals surface area contributed by atoms with Gasteiger partial charge in [0.15, 0.2) is 0 Å². The number of benzene rings is 5. The van der Waals surface area contributed by atoms with Crippen LogP contribution in [0, 0.1) is 5.82 Å². The minimum atomic E-state index is -0.635. The first kappa shape index (κ1) is 31.3. The van der Waals surface area contributed by atoms with Gasteiger partial charge >= 0.3 is 0 Å². The highest BCUT2D eigenvalue weighted by molar-refractivity contribution is 8.00. The molecule has 0 heterocycles. The van der Waals surface area contributed by atoms with Gasteiger partial charge in [-0.15, -0.1) is 11.8 Å². The van der Waals surface area contributed by atoms with Crippen molar-refractivity contribution in [3.8, 4) is 0 Å². The Bertz CT molecular complexity index is 1820. The lowest BCUT2D eigenvalue weighted by Gasteiger charge is -2.18. The Morgan fingerprint density at radius 3 is 1.96 bits per heavy atom. The predicted octanol–water partition coefficient (Wildman–Crippen LogP) is 8.36. The number of nitrogens with one attached hydrogen (secondary N) is 3. The van der Waals surface area contributed by atoms with Crippen molar-refractivity contribution in [2.75, 3.05) is 10.6 Å². The Labute approximate surface area is 269 Å². The van der Waals surface area contributed by atoms with E-state index in [4.69, 9.17) is 11.6 Å². The normalized spacial score (nSPS) is 11.7. The van der Waals surface area contributed by atoms with Crippen LogP contribution in [0.2, 0.25) is 5.02 Å². The summed E-state index contributed by atoms with van der Waals surface area (Å²) in [7, 11) is 0. The maximum absolute atomic E-state index is 13.6. The first-order chi connectivity index (χ1) is 21.9. The summed E-state index contributed by atoms with van der Waals surface area (Å²) in [6.07, 6.45) is 1.61. The summed E-state index contributed by atoms with van der Waals surface area (Å²) in [6.45, 7) is 0. The summed E-state index contributed by atoms with van der Waals surface area (Å²) < 4.78 is 13.6. The molecule has 0 aliphatic carbocycles. The van der Waals surface area contributed by atoms with Crippen molar-refractivity contribution in [1.82, 2.24) is 5.32 Å². The molecule has 0 radical (unpaired) electrons. The fourth-order valence-electron chi connectivity index (χ4n) is 4.29. The van der Waals surface area contributed by atoms with Gasteiger partial charge in [-0.3, -0.25) is 14.4 Å². The second-order valence-electron chi connectivity index (χ2n) is 9.79. The second kappa shape index (κ2) is 15.0. The number of halogens is 2. The van der Waals surface area contributed by atoms with E-state index < -0.39 is 22.9 Å². The number of carbonyl (C=O) groups is 3. The lowest BCUT2D eigenvalue weighted by Crippen LogP contribution is -2.30. The molecule has 0 saturated heterocycles. The lowest BCUT2D eigenvalue weighted by molar-refractivity contribution is -0.116. The number of hydrogen-bond acceptors (Lipinski definition) is 4. The van der Waals surface area contributed by atoms with Crippen LogP contribution < -0.4 is 16.0 Å². The van der Waals surface area contributed by atoms with Gasteiger partial charge in [0.25, 0.3) is 11.8 Å². The summed E-state index contributed by atoms with van der Waals surface area (Å²) in [5.74, 6) is -1.79. The standard InChI is InChI=1S/C36H27ClFN3O3S/c37-30-23-28(18-21-31(30)38)40-36(44)33(25-12-6-2-7-13-25)45-29-19-16-27(17-20-29)39-35(43)32(22-24-10-4-1-5-11-24)41-34(42)26-14-8-3-9-15-26/h1-23,33H,(H,39,43)(H,40,44)(H,41,42)/b32-22-. The van der Waals surface area contributed by atoms with Crippen molar-refractivity contribution in [2.45, 2.75) is 10.1 Å². The van der Waals surface area contributed by atoms with E-state index in [-0.39, 0.29) is 16.6 Å². The van der Waals surface area contributed by atoms with E-state index in [0.29, 0.717) is 16.9 Å². The zero-order valence-electron chi connectivity index (χ0n) is 23.7. The molecule has 0 aromatic heterocycles. The molecule has 0 aliphatic heterocycles. The third-order valence-corrected chi connectivity index (χ3v) is 8.09. The van der Waals surface area contributed by atoms with Gasteiger partial charge < -0.3 is 16.0 Å². The Balaban J connectivity index is 1.31. The van der Waals surface area contributed by atoms with E-state index in [0.717, 1.165) is 16.0 Å². The van der Waals surface area contributed by atoms with Gasteiger partial charge in [0.1, 0.15) is 16.8 Å². The maximum Gasteiger partial charge on any atom is 0.272 e. The van der Waals surface area contributed by atoms with Crippen LogP contribution in [-0.2, 0) is 9.59 Å². The van der Waals surface area contributed by atoms with Crippen LogP contribution in [0.15, 0.2) is 144 Å². The molecule has 5 aromatic rings. The Morgan fingerprint density at radius 1 is 0.711 bits per heavy atom. The van der Waals surface area contributed by atoms with Gasteiger partial charge in [-0.25, -0.2) is 4.39 Å². The van der Waals surface area contributed by atoms with Gasteiger partial charge in [-0.05, 0) is 71.8 Å². The fraction of sp³-hybridized carbons (Fsp3) is 0.0278. The van der Waals surface area contributed by atoms with E-state index >= 15 is 0 Å². The predicted molar refractivity (Wildman–Crippen MR) is 178 cm³/mol. The summed E-state index contributed by atoms with van der Waals surface area (Å²) in [4.78, 5) is 40.4. The Hall–Kier alpha value is -5.18. The van der Waals surface area contributed by atoms with Crippen molar-refractivity contribution in [3.05, 3.63) is 167 Å². The molecule has 1 unspecified atom stereocenters. The number of rotatable bonds is 10. The Morgan fingerprint density at radius 2 is 1.31 bits per heavy atom. The fourth-order valence-corrected chi connectivity index (χ4v) is 5.50. The van der Waals surface area contributed by atoms with E-state index in [1.165, 1.54) is 30.0 Å². The molecule has 3 amide bonds. The molecule has 0 bridgehead atoms. The zero-order chi connectivity index (χ0) is 31.6. The van der Waals surface area contributed by atoms with E-state index in [1.807, 2.05) is 66.7 Å². The van der Waals surface area contributed by atoms with Crippen LogP contribution in [0.25, 0.3) is 6.08 Å². The van der Waals surface area contributed by atoms with Gasteiger partial charge in [-0.2, -0.15) is 0 Å². The van der Waals surface area contributed by atoms with Crippen molar-refractivity contribution >= 4 is 58.5 Å². The molecule has 0 saturated carbocycles. The van der Waals surface area contributed by atoms with Gasteiger partial charge in [0.05, 0.1) is 5.02 Å². The third-order valence-electron chi connectivity index (χ3n) is 6.53. The van der Waals surface area contributed by atoms with Crippen molar-refractivity contribution in [1.29, 1.82) is 0 Å². The zero-order valence-corrected chi connectivity index (χ0v) is 25.3. The third kappa shape index (κ3) is 8.69. The van der Waals surface area contributed by atoms with Crippen LogP contribution >= 0.6 is 23.4 Å². The molecule has 9 heteroatoms. The monoisotopic (exact) mass is 635 g/mol. The molecule has 0 fully saturated rings. The largest absolute Gasteiger partial charge is 0.325 e. The molecule has 0 spiro atoms. The molecule has 6 nitrogen and oxygen atoms in total. The molecular weight excluding hydrogens is 609 g/mol. The highest BCUT2D eigenvalue weighted by Gasteiger charge is 2.23. The minimum absolute atomic E-state index is 0.0789. The molecule has 224 valence electrons. The number of anilines is 2. The molecule has 5 rings (SSSR count). The Kier molecular flexibility index (Phi) is 10.4. The molecular formula is C36H27ClFN3O3S. The second-order valence-corrected chi connectivity index (χ2v) is 11.4. The highest BCUT2D eigenvalue weighted by atomic mass is 35.5. The highest BCUT2D eigenvalue weighted by Crippen LogP contribution is 2.37. The van der Waals surface area contributed by atoms with Crippen LogP contribution in [0.4, 0.5) is 15.8 Å². The average molecular weight is 636 g/mol. The number of hydrogen-bond donors (Lipinski definition) is 3. The number of thioether (sulfide) groups is 1. The SMILES string of the molecule is O=C(Nc1ccc(SC(C(=O)Nc2ccc(F)c(Cl)c2)c2ccccc2)cc1)/C(=C/c1ccccc1)NC(=O)c1ccccc1. The van der Waals surface area contributed by atoms with E-state index in [1.54, 1.807) is 54.6 Å². The van der Waals surface area contributed by atoms with Crippen molar-refractivity contribution in [2.24, 2.45) is 0 Å². The molecule has 1 atom stereocenters. The van der Waals surface area contributed by atoms with Gasteiger partial charge in [-0.1, -0.05) is 90.5 Å². The first-order valence-corrected chi connectivity index (χ1v) is 15.1. The summed E-state index contributed by atoms with van der Waals surface area (Å²) in [5.41, 5.74) is 2.90. The van der Waals surface area contributed by atoms with E-state index in [9.17, 15) is 18.8 Å². The summed E-state index contributed by atoms with van der Waals surface area (Å²) >= 11 is 7.22. The minimum Gasteiger partial charge on any atom is -0.325 e. The topological polar surface area (TPSA) is 87.3 Å². The maximum atomic E-state index is 13.6. The summed E-state index contributed by atoms with van der Waals surface area (Å²) in [5, 5.41) is 7.67. The molecule has 5 aromatic carbocycles. The number of amides is 3. The summed E-state index contributed by atoms with van der Waals surface area (Å²) in [6, 6.07) is 38.2. The van der Waals surface area contributed by atoms with Crippen LogP contribution in [0.1, 0.15) is 26.7 Å². The van der Waals surface area contributed by atoms with Gasteiger partial charge in [0, 0.05) is 21.8 Å². The van der Waals surface area contributed by atoms with Crippen molar-refractivity contribution < 1.29 is 18.8 Å². The average Bonchev–Trinajstić information content (AvgIpc) is 3.07. The van der Waals surface area contributed by atoms with Crippen molar-refractivity contribution in [3.63, 3.8) is 0 Å². The lowest BCUT2D eigenvalue weighted by atomic mass is 10.1. The molecule has 0 aliphatic rings. The molecule has 3 N–H and O–H groups in total. The van der Waals surface area contributed by atoms with Crippen LogP contribution in [0.3, 0.4) is 0 Å². The van der Waals surface area contributed by atoms with Crippen LogP contribution in [-0.4, -0.2) is 17.7 Å².